The molecule has 2 unspecified atom stereocenters. The Bertz CT molecular complexity index is 745. The molecule has 1 saturated carbocycles. The van der Waals surface area contributed by atoms with E-state index in [4.69, 9.17) is 4.74 Å². The Morgan fingerprint density at radius 2 is 1.92 bits per heavy atom. The summed E-state index contributed by atoms with van der Waals surface area (Å²) < 4.78 is 32.2. The summed E-state index contributed by atoms with van der Waals surface area (Å²) in [6.45, 7) is 4.53. The predicted molar refractivity (Wildman–Crippen MR) is 102 cm³/mol. The van der Waals surface area contributed by atoms with Gasteiger partial charge in [0.1, 0.15) is 0 Å². The molecule has 1 aliphatic carbocycles. The highest BCUT2D eigenvalue weighted by molar-refractivity contribution is 7.88. The number of benzene rings is 1. The molecular weight excluding hydrogens is 352 g/mol. The molecule has 0 radical (unpaired) electrons. The molecular formula is C18H28N4O3S. The molecule has 1 heterocycles. The Kier molecular flexibility index (Phi) is 6.16. The molecule has 8 heteroatoms. The van der Waals surface area contributed by atoms with Gasteiger partial charge < -0.3 is 15.4 Å². The van der Waals surface area contributed by atoms with Gasteiger partial charge in [0, 0.05) is 32.7 Å². The van der Waals surface area contributed by atoms with Crippen LogP contribution >= 0.6 is 0 Å². The van der Waals surface area contributed by atoms with E-state index in [1.807, 2.05) is 24.3 Å². The Balaban J connectivity index is 1.64. The molecule has 0 aromatic heterocycles. The highest BCUT2D eigenvalue weighted by Gasteiger charge is 2.33. The van der Waals surface area contributed by atoms with E-state index in [2.05, 4.69) is 22.5 Å². The van der Waals surface area contributed by atoms with Gasteiger partial charge in [0.25, 0.3) is 0 Å². The molecule has 2 atom stereocenters. The number of rotatable bonds is 6. The quantitative estimate of drug-likeness (QED) is 0.567. The smallest absolute Gasteiger partial charge is 0.218 e. The van der Waals surface area contributed by atoms with Crippen molar-refractivity contribution in [1.29, 1.82) is 0 Å². The normalized spacial score (nSPS) is 24.3. The average molecular weight is 381 g/mol. The van der Waals surface area contributed by atoms with Gasteiger partial charge in [-0.15, -0.1) is 0 Å². The number of morpholine rings is 1. The van der Waals surface area contributed by atoms with Gasteiger partial charge in [-0.1, -0.05) is 31.2 Å². The minimum absolute atomic E-state index is 0.0105. The first-order valence-electron chi connectivity index (χ1n) is 9.09. The summed E-state index contributed by atoms with van der Waals surface area (Å²) in [5, 5.41) is 6.67. The van der Waals surface area contributed by atoms with Crippen LogP contribution in [0.25, 0.3) is 0 Å². The van der Waals surface area contributed by atoms with Crippen molar-refractivity contribution in [3.8, 4) is 0 Å². The number of ether oxygens (including phenoxy) is 1. The third-order valence-corrected chi connectivity index (χ3v) is 6.75. The zero-order valence-corrected chi connectivity index (χ0v) is 16.3. The Hall–Kier alpha value is -1.64. The fourth-order valence-corrected chi connectivity index (χ4v) is 4.62. The van der Waals surface area contributed by atoms with E-state index in [0.29, 0.717) is 44.8 Å². The molecule has 2 aliphatic rings. The molecule has 1 aromatic rings. The molecule has 1 saturated heterocycles. The van der Waals surface area contributed by atoms with Crippen molar-refractivity contribution in [3.05, 3.63) is 35.4 Å². The van der Waals surface area contributed by atoms with Gasteiger partial charge >= 0.3 is 0 Å². The maximum absolute atomic E-state index is 12.7. The first-order chi connectivity index (χ1) is 12.5. The monoisotopic (exact) mass is 380 g/mol. The SMILES string of the molecule is CN=C(NCc1ccccc1CS(=O)(=O)N1CCOCC1)NC1CC1C. The highest BCUT2D eigenvalue weighted by atomic mass is 32.2. The number of hydrogen-bond acceptors (Lipinski definition) is 4. The van der Waals surface area contributed by atoms with E-state index >= 15 is 0 Å². The van der Waals surface area contributed by atoms with Gasteiger partial charge in [0.05, 0.1) is 19.0 Å². The van der Waals surface area contributed by atoms with E-state index in [9.17, 15) is 8.42 Å². The lowest BCUT2D eigenvalue weighted by Gasteiger charge is -2.26. The number of nitrogens with zero attached hydrogens (tertiary/aromatic N) is 2. The Morgan fingerprint density at radius 3 is 2.54 bits per heavy atom. The third-order valence-electron chi connectivity index (χ3n) is 4.92. The van der Waals surface area contributed by atoms with Crippen molar-refractivity contribution >= 4 is 16.0 Å². The molecule has 1 aromatic carbocycles. The molecule has 144 valence electrons. The minimum Gasteiger partial charge on any atom is -0.379 e. The molecule has 0 bridgehead atoms. The summed E-state index contributed by atoms with van der Waals surface area (Å²) in [5.41, 5.74) is 1.79. The van der Waals surface area contributed by atoms with Crippen LogP contribution in [0.2, 0.25) is 0 Å². The molecule has 26 heavy (non-hydrogen) atoms. The van der Waals surface area contributed by atoms with Crippen LogP contribution in [0.3, 0.4) is 0 Å². The highest BCUT2D eigenvalue weighted by Crippen LogP contribution is 2.28. The van der Waals surface area contributed by atoms with Crippen molar-refractivity contribution in [3.63, 3.8) is 0 Å². The summed E-state index contributed by atoms with van der Waals surface area (Å²) >= 11 is 0. The van der Waals surface area contributed by atoms with Gasteiger partial charge in [-0.05, 0) is 23.5 Å². The Morgan fingerprint density at radius 1 is 1.27 bits per heavy atom. The number of sulfonamides is 1. The van der Waals surface area contributed by atoms with Crippen LogP contribution in [0.4, 0.5) is 0 Å². The Labute approximate surface area is 155 Å². The van der Waals surface area contributed by atoms with Gasteiger partial charge in [-0.25, -0.2) is 8.42 Å². The summed E-state index contributed by atoms with van der Waals surface area (Å²) in [6.07, 6.45) is 1.16. The molecule has 0 spiro atoms. The molecule has 1 aliphatic heterocycles. The first-order valence-corrected chi connectivity index (χ1v) is 10.7. The van der Waals surface area contributed by atoms with E-state index < -0.39 is 10.0 Å². The van der Waals surface area contributed by atoms with Gasteiger partial charge in [-0.3, -0.25) is 4.99 Å². The average Bonchev–Trinajstić information content (AvgIpc) is 3.35. The zero-order valence-electron chi connectivity index (χ0n) is 15.4. The molecule has 3 rings (SSSR count). The van der Waals surface area contributed by atoms with Crippen LogP contribution in [0, 0.1) is 5.92 Å². The van der Waals surface area contributed by atoms with Crippen LogP contribution < -0.4 is 10.6 Å². The van der Waals surface area contributed by atoms with E-state index in [0.717, 1.165) is 23.5 Å². The summed E-state index contributed by atoms with van der Waals surface area (Å²) in [7, 11) is -1.59. The second-order valence-corrected chi connectivity index (χ2v) is 8.89. The van der Waals surface area contributed by atoms with Crippen molar-refractivity contribution in [1.82, 2.24) is 14.9 Å². The molecule has 2 fully saturated rings. The minimum atomic E-state index is -3.34. The third kappa shape index (κ3) is 4.96. The van der Waals surface area contributed by atoms with Crippen LogP contribution in [0.1, 0.15) is 24.5 Å². The largest absolute Gasteiger partial charge is 0.379 e. The van der Waals surface area contributed by atoms with Crippen LogP contribution in [-0.4, -0.2) is 58.1 Å². The lowest BCUT2D eigenvalue weighted by atomic mass is 10.1. The molecule has 7 nitrogen and oxygen atoms in total. The van der Waals surface area contributed by atoms with Gasteiger partial charge in [0.15, 0.2) is 5.96 Å². The number of hydrogen-bond donors (Lipinski definition) is 2. The topological polar surface area (TPSA) is 83.0 Å². The van der Waals surface area contributed by atoms with E-state index in [-0.39, 0.29) is 5.75 Å². The number of guanidine groups is 1. The van der Waals surface area contributed by atoms with Crippen molar-refractivity contribution in [2.75, 3.05) is 33.4 Å². The van der Waals surface area contributed by atoms with Gasteiger partial charge in [-0.2, -0.15) is 4.31 Å². The predicted octanol–water partition coefficient (Wildman–Crippen LogP) is 0.922. The summed E-state index contributed by atoms with van der Waals surface area (Å²) in [5.74, 6) is 1.45. The number of aliphatic imine (C=N–C) groups is 1. The fourth-order valence-electron chi connectivity index (χ4n) is 3.06. The lowest BCUT2D eigenvalue weighted by Crippen LogP contribution is -2.41. The summed E-state index contributed by atoms with van der Waals surface area (Å²) in [4.78, 5) is 4.25. The summed E-state index contributed by atoms with van der Waals surface area (Å²) in [6, 6.07) is 8.14. The second-order valence-electron chi connectivity index (χ2n) is 6.93. The maximum Gasteiger partial charge on any atom is 0.218 e. The lowest BCUT2D eigenvalue weighted by molar-refractivity contribution is 0.0729. The first kappa shape index (κ1) is 19.1. The maximum atomic E-state index is 12.7. The molecule has 0 amide bonds. The van der Waals surface area contributed by atoms with E-state index in [1.54, 1.807) is 7.05 Å². The zero-order chi connectivity index (χ0) is 18.6. The van der Waals surface area contributed by atoms with Crippen LogP contribution in [0.5, 0.6) is 0 Å². The second kappa shape index (κ2) is 8.37. The standard InChI is InChI=1S/C18H28N4O3S/c1-14-11-17(14)21-18(19-2)20-12-15-5-3-4-6-16(15)13-26(23,24)22-7-9-25-10-8-22/h3-6,14,17H,7-13H2,1-2H3,(H2,19,20,21). The molecule has 2 N–H and O–H groups in total. The van der Waals surface area contributed by atoms with Gasteiger partial charge in [0.2, 0.25) is 10.0 Å². The number of nitrogens with one attached hydrogen (secondary N) is 2. The van der Waals surface area contributed by atoms with Crippen LogP contribution in [0.15, 0.2) is 29.3 Å². The van der Waals surface area contributed by atoms with Crippen molar-refractivity contribution in [2.45, 2.75) is 31.7 Å². The van der Waals surface area contributed by atoms with Crippen molar-refractivity contribution < 1.29 is 13.2 Å². The van der Waals surface area contributed by atoms with E-state index in [1.165, 1.54) is 4.31 Å². The van der Waals surface area contributed by atoms with Crippen LogP contribution in [-0.2, 0) is 27.1 Å². The fraction of sp³-hybridized carbons (Fsp3) is 0.611. The van der Waals surface area contributed by atoms with Crippen molar-refractivity contribution in [2.24, 2.45) is 10.9 Å².